The smallest absolute Gasteiger partial charge is 0.0763 e. The molecule has 0 aromatic carbocycles. The average molecular weight is 151 g/mol. The van der Waals surface area contributed by atoms with Crippen LogP contribution in [0.1, 0.15) is 30.0 Å². The van der Waals surface area contributed by atoms with Crippen LogP contribution < -0.4 is 0 Å². The molecule has 1 heterocycles. The minimum atomic E-state index is -0.393. The van der Waals surface area contributed by atoms with Gasteiger partial charge < -0.3 is 5.11 Å². The van der Waals surface area contributed by atoms with Gasteiger partial charge in [0.2, 0.25) is 0 Å². The largest absolute Gasteiger partial charge is 0.389 e. The predicted octanol–water partition coefficient (Wildman–Crippen LogP) is 1.75. The Balaban J connectivity index is 3.08. The molecule has 0 aliphatic heterocycles. The summed E-state index contributed by atoms with van der Waals surface area (Å²) in [4.78, 5) is 4.21. The number of nitrogens with zero attached hydrogens (tertiary/aromatic N) is 1. The summed E-state index contributed by atoms with van der Waals surface area (Å²) in [6, 6.07) is 3.80. The molecule has 2 heteroatoms. The highest BCUT2D eigenvalue weighted by molar-refractivity contribution is 5.21. The molecule has 11 heavy (non-hydrogen) atoms. The Morgan fingerprint density at radius 1 is 1.27 bits per heavy atom. The zero-order valence-electron chi connectivity index (χ0n) is 7.13. The van der Waals surface area contributed by atoms with E-state index in [1.54, 1.807) is 6.92 Å². The molecule has 0 amide bonds. The molecule has 1 atom stereocenters. The van der Waals surface area contributed by atoms with Crippen LogP contribution in [0.15, 0.2) is 12.1 Å². The molecular formula is C9H13NO. The van der Waals surface area contributed by atoms with Gasteiger partial charge in [0.25, 0.3) is 0 Å². The fourth-order valence-electron chi connectivity index (χ4n) is 1.11. The lowest BCUT2D eigenvalue weighted by molar-refractivity contribution is 0.199. The van der Waals surface area contributed by atoms with Gasteiger partial charge in [-0.05, 0) is 38.5 Å². The Bertz CT molecular complexity index is 235. The van der Waals surface area contributed by atoms with Crippen molar-refractivity contribution in [1.82, 2.24) is 4.98 Å². The van der Waals surface area contributed by atoms with E-state index in [2.05, 4.69) is 4.98 Å². The first-order valence-electron chi connectivity index (χ1n) is 3.73. The number of rotatable bonds is 1. The number of aryl methyl sites for hydroxylation is 2. The SMILES string of the molecule is Cc1cc([C@@H](C)O)cc(C)n1. The molecule has 0 spiro atoms. The number of hydrogen-bond acceptors (Lipinski definition) is 2. The molecule has 0 aliphatic rings. The van der Waals surface area contributed by atoms with E-state index in [1.807, 2.05) is 26.0 Å². The molecule has 1 aromatic heterocycles. The molecule has 2 nitrogen and oxygen atoms in total. The molecule has 0 saturated carbocycles. The minimum absolute atomic E-state index is 0.393. The van der Waals surface area contributed by atoms with Crippen LogP contribution in [0.5, 0.6) is 0 Å². The average Bonchev–Trinajstić information content (AvgIpc) is 1.85. The second-order valence-corrected chi connectivity index (χ2v) is 2.86. The van der Waals surface area contributed by atoms with Crippen LogP contribution in [0.4, 0.5) is 0 Å². The Kier molecular flexibility index (Phi) is 2.25. The van der Waals surface area contributed by atoms with Gasteiger partial charge in [-0.3, -0.25) is 4.98 Å². The highest BCUT2D eigenvalue weighted by Crippen LogP contribution is 2.13. The van der Waals surface area contributed by atoms with Crippen molar-refractivity contribution in [3.05, 3.63) is 29.1 Å². The lowest BCUT2D eigenvalue weighted by Gasteiger charge is -2.05. The van der Waals surface area contributed by atoms with E-state index in [1.165, 1.54) is 0 Å². The van der Waals surface area contributed by atoms with Crippen LogP contribution in [0.25, 0.3) is 0 Å². The van der Waals surface area contributed by atoms with Crippen LogP contribution in [0, 0.1) is 13.8 Å². The van der Waals surface area contributed by atoms with Crippen molar-refractivity contribution in [2.75, 3.05) is 0 Å². The van der Waals surface area contributed by atoms with Gasteiger partial charge in [0, 0.05) is 11.4 Å². The lowest BCUT2D eigenvalue weighted by atomic mass is 10.1. The van der Waals surface area contributed by atoms with E-state index in [4.69, 9.17) is 0 Å². The van der Waals surface area contributed by atoms with Crippen LogP contribution in [0.3, 0.4) is 0 Å². The van der Waals surface area contributed by atoms with Crippen molar-refractivity contribution < 1.29 is 5.11 Å². The van der Waals surface area contributed by atoms with Crippen molar-refractivity contribution in [3.63, 3.8) is 0 Å². The topological polar surface area (TPSA) is 33.1 Å². The first kappa shape index (κ1) is 8.21. The monoisotopic (exact) mass is 151 g/mol. The highest BCUT2D eigenvalue weighted by Gasteiger charge is 2.01. The summed E-state index contributed by atoms with van der Waals surface area (Å²) >= 11 is 0. The van der Waals surface area contributed by atoms with Gasteiger partial charge in [-0.15, -0.1) is 0 Å². The maximum absolute atomic E-state index is 9.24. The summed E-state index contributed by atoms with van der Waals surface area (Å²) in [7, 11) is 0. The van der Waals surface area contributed by atoms with Gasteiger partial charge in [-0.25, -0.2) is 0 Å². The van der Waals surface area contributed by atoms with E-state index >= 15 is 0 Å². The zero-order chi connectivity index (χ0) is 8.43. The highest BCUT2D eigenvalue weighted by atomic mass is 16.3. The number of aliphatic hydroxyl groups excluding tert-OH is 1. The maximum Gasteiger partial charge on any atom is 0.0763 e. The van der Waals surface area contributed by atoms with Crippen molar-refractivity contribution in [3.8, 4) is 0 Å². The first-order chi connectivity index (χ1) is 5.09. The molecule has 0 aliphatic carbocycles. The molecule has 0 bridgehead atoms. The van der Waals surface area contributed by atoms with E-state index in [0.717, 1.165) is 17.0 Å². The second-order valence-electron chi connectivity index (χ2n) is 2.86. The molecule has 0 unspecified atom stereocenters. The maximum atomic E-state index is 9.24. The van der Waals surface area contributed by atoms with Gasteiger partial charge in [-0.2, -0.15) is 0 Å². The van der Waals surface area contributed by atoms with Crippen molar-refractivity contribution >= 4 is 0 Å². The molecular weight excluding hydrogens is 138 g/mol. The van der Waals surface area contributed by atoms with Crippen molar-refractivity contribution in [2.45, 2.75) is 26.9 Å². The fraction of sp³-hybridized carbons (Fsp3) is 0.444. The second kappa shape index (κ2) is 3.01. The fourth-order valence-corrected chi connectivity index (χ4v) is 1.11. The molecule has 1 N–H and O–H groups in total. The number of aromatic nitrogens is 1. The van der Waals surface area contributed by atoms with E-state index in [-0.39, 0.29) is 0 Å². The number of aliphatic hydroxyl groups is 1. The Morgan fingerprint density at radius 2 is 1.73 bits per heavy atom. The Labute approximate surface area is 66.9 Å². The third-order valence-corrected chi connectivity index (χ3v) is 1.59. The molecule has 0 saturated heterocycles. The third kappa shape index (κ3) is 2.02. The Morgan fingerprint density at radius 3 is 2.09 bits per heavy atom. The van der Waals surface area contributed by atoms with Crippen LogP contribution in [0.2, 0.25) is 0 Å². The van der Waals surface area contributed by atoms with Crippen LogP contribution >= 0.6 is 0 Å². The predicted molar refractivity (Wildman–Crippen MR) is 44.3 cm³/mol. The van der Waals surface area contributed by atoms with E-state index < -0.39 is 6.10 Å². The summed E-state index contributed by atoms with van der Waals surface area (Å²) in [5.74, 6) is 0. The standard InChI is InChI=1S/C9H13NO/c1-6-4-9(8(3)11)5-7(2)10-6/h4-5,8,11H,1-3H3/t8-/m1/s1. The first-order valence-corrected chi connectivity index (χ1v) is 3.73. The number of hydrogen-bond donors (Lipinski definition) is 1. The summed E-state index contributed by atoms with van der Waals surface area (Å²) < 4.78 is 0. The van der Waals surface area contributed by atoms with E-state index in [9.17, 15) is 5.11 Å². The molecule has 0 radical (unpaired) electrons. The summed E-state index contributed by atoms with van der Waals surface area (Å²) in [6.07, 6.45) is -0.393. The van der Waals surface area contributed by atoms with Gasteiger partial charge >= 0.3 is 0 Å². The zero-order valence-corrected chi connectivity index (χ0v) is 7.13. The number of pyridine rings is 1. The summed E-state index contributed by atoms with van der Waals surface area (Å²) in [5, 5.41) is 9.24. The molecule has 1 rings (SSSR count). The van der Waals surface area contributed by atoms with Crippen molar-refractivity contribution in [1.29, 1.82) is 0 Å². The van der Waals surface area contributed by atoms with Crippen LogP contribution in [-0.2, 0) is 0 Å². The minimum Gasteiger partial charge on any atom is -0.389 e. The molecule has 0 fully saturated rings. The molecule has 1 aromatic rings. The summed E-state index contributed by atoms with van der Waals surface area (Å²) in [5.41, 5.74) is 2.86. The van der Waals surface area contributed by atoms with Gasteiger partial charge in [-0.1, -0.05) is 0 Å². The normalized spacial score (nSPS) is 13.1. The van der Waals surface area contributed by atoms with Crippen molar-refractivity contribution in [2.24, 2.45) is 0 Å². The third-order valence-electron chi connectivity index (χ3n) is 1.59. The van der Waals surface area contributed by atoms with Gasteiger partial charge in [0.1, 0.15) is 0 Å². The lowest BCUT2D eigenvalue weighted by Crippen LogP contribution is -1.95. The van der Waals surface area contributed by atoms with Crippen LogP contribution in [-0.4, -0.2) is 10.1 Å². The molecule has 60 valence electrons. The van der Waals surface area contributed by atoms with Gasteiger partial charge in [0.05, 0.1) is 6.10 Å². The van der Waals surface area contributed by atoms with E-state index in [0.29, 0.717) is 0 Å². The quantitative estimate of drug-likeness (QED) is 0.663. The summed E-state index contributed by atoms with van der Waals surface area (Å²) in [6.45, 7) is 5.62. The Hall–Kier alpha value is -0.890. The van der Waals surface area contributed by atoms with Gasteiger partial charge in [0.15, 0.2) is 0 Å².